The molecule has 0 aliphatic carbocycles. The van der Waals surface area contributed by atoms with Crippen molar-refractivity contribution in [2.24, 2.45) is 0 Å². The summed E-state index contributed by atoms with van der Waals surface area (Å²) in [7, 11) is 0. The van der Waals surface area contributed by atoms with Crippen molar-refractivity contribution in [3.8, 4) is 11.3 Å². The third-order valence-electron chi connectivity index (χ3n) is 3.94. The van der Waals surface area contributed by atoms with Gasteiger partial charge in [0.2, 0.25) is 0 Å². The predicted octanol–water partition coefficient (Wildman–Crippen LogP) is 5.45. The molecule has 6 heteroatoms. The Balaban J connectivity index is 1.96. The van der Waals surface area contributed by atoms with Gasteiger partial charge in [0.25, 0.3) is 5.91 Å². The van der Waals surface area contributed by atoms with Gasteiger partial charge >= 0.3 is 0 Å². The van der Waals surface area contributed by atoms with Gasteiger partial charge in [-0.1, -0.05) is 42.8 Å². The Morgan fingerprint density at radius 1 is 1.12 bits per heavy atom. The molecule has 3 nitrogen and oxygen atoms in total. The molecule has 0 saturated heterocycles. The summed E-state index contributed by atoms with van der Waals surface area (Å²) in [5.74, 6) is -2.45. The molecule has 0 fully saturated rings. The van der Waals surface area contributed by atoms with E-state index < -0.39 is 23.1 Å². The van der Waals surface area contributed by atoms with Crippen molar-refractivity contribution in [3.05, 3.63) is 70.6 Å². The highest BCUT2D eigenvalue weighted by atomic mass is 32.1. The molecule has 3 aromatic rings. The summed E-state index contributed by atoms with van der Waals surface area (Å²) in [4.78, 5) is 18.6. The van der Waals surface area contributed by atoms with E-state index in [1.165, 1.54) is 22.3 Å². The van der Waals surface area contributed by atoms with Crippen LogP contribution in [0.2, 0.25) is 0 Å². The van der Waals surface area contributed by atoms with Crippen LogP contribution in [0, 0.1) is 18.6 Å². The number of hydrogen-bond acceptors (Lipinski definition) is 3. The molecule has 0 atom stereocenters. The SMILES string of the molecule is CCCN(C(=O)c1c(F)cccc1F)c1nc(-c2ccc(C)cc2)cs1. The van der Waals surface area contributed by atoms with Crippen LogP contribution in [0.15, 0.2) is 47.8 Å². The minimum atomic E-state index is -0.869. The van der Waals surface area contributed by atoms with E-state index in [0.717, 1.165) is 29.0 Å². The highest BCUT2D eigenvalue weighted by Crippen LogP contribution is 2.29. The Bertz CT molecular complexity index is 902. The number of aryl methyl sites for hydroxylation is 1. The number of hydrogen-bond donors (Lipinski definition) is 0. The average molecular weight is 372 g/mol. The van der Waals surface area contributed by atoms with E-state index in [2.05, 4.69) is 4.98 Å². The van der Waals surface area contributed by atoms with Crippen molar-refractivity contribution in [2.75, 3.05) is 11.4 Å². The Kier molecular flexibility index (Phi) is 5.42. The fourth-order valence-corrected chi connectivity index (χ4v) is 3.45. The summed E-state index contributed by atoms with van der Waals surface area (Å²) in [5.41, 5.74) is 2.25. The zero-order valence-corrected chi connectivity index (χ0v) is 15.3. The number of halogens is 2. The van der Waals surface area contributed by atoms with Crippen molar-refractivity contribution in [2.45, 2.75) is 20.3 Å². The first-order chi connectivity index (χ1) is 12.5. The Labute approximate surface area is 154 Å². The molecule has 0 unspecified atom stereocenters. The van der Waals surface area contributed by atoms with Gasteiger partial charge < -0.3 is 0 Å². The molecule has 26 heavy (non-hydrogen) atoms. The second kappa shape index (κ2) is 7.74. The smallest absolute Gasteiger partial charge is 0.266 e. The zero-order chi connectivity index (χ0) is 18.7. The molecule has 1 amide bonds. The Morgan fingerprint density at radius 2 is 1.77 bits per heavy atom. The van der Waals surface area contributed by atoms with E-state index in [1.807, 2.05) is 43.5 Å². The van der Waals surface area contributed by atoms with Crippen LogP contribution in [0.1, 0.15) is 29.3 Å². The molecular weight excluding hydrogens is 354 g/mol. The Morgan fingerprint density at radius 3 is 2.38 bits per heavy atom. The van der Waals surface area contributed by atoms with Crippen LogP contribution >= 0.6 is 11.3 Å². The van der Waals surface area contributed by atoms with Gasteiger partial charge in [-0.05, 0) is 25.5 Å². The van der Waals surface area contributed by atoms with Crippen molar-refractivity contribution in [1.29, 1.82) is 0 Å². The number of anilines is 1. The van der Waals surface area contributed by atoms with Gasteiger partial charge in [0.1, 0.15) is 17.2 Å². The lowest BCUT2D eigenvalue weighted by molar-refractivity contribution is 0.0978. The van der Waals surface area contributed by atoms with Crippen molar-refractivity contribution < 1.29 is 13.6 Å². The highest BCUT2D eigenvalue weighted by molar-refractivity contribution is 7.14. The van der Waals surface area contributed by atoms with Crippen LogP contribution < -0.4 is 4.90 Å². The van der Waals surface area contributed by atoms with Gasteiger partial charge in [0.15, 0.2) is 5.13 Å². The van der Waals surface area contributed by atoms with Gasteiger partial charge in [0.05, 0.1) is 5.69 Å². The first-order valence-corrected chi connectivity index (χ1v) is 9.17. The molecule has 1 aromatic heterocycles. The first kappa shape index (κ1) is 18.2. The molecule has 0 saturated carbocycles. The van der Waals surface area contributed by atoms with E-state index in [0.29, 0.717) is 18.1 Å². The first-order valence-electron chi connectivity index (χ1n) is 8.29. The van der Waals surface area contributed by atoms with Gasteiger partial charge in [0, 0.05) is 17.5 Å². The summed E-state index contributed by atoms with van der Waals surface area (Å²) in [5, 5.41) is 2.27. The van der Waals surface area contributed by atoms with Gasteiger partial charge in [-0.2, -0.15) is 0 Å². The maximum absolute atomic E-state index is 14.0. The summed E-state index contributed by atoms with van der Waals surface area (Å²) in [6.45, 7) is 4.22. The molecule has 2 aromatic carbocycles. The van der Waals surface area contributed by atoms with Crippen molar-refractivity contribution >= 4 is 22.4 Å². The summed E-state index contributed by atoms with van der Waals surface area (Å²) in [6.07, 6.45) is 0.640. The second-order valence-electron chi connectivity index (χ2n) is 5.93. The molecule has 0 aliphatic heterocycles. The number of benzene rings is 2. The molecule has 0 bridgehead atoms. The van der Waals surface area contributed by atoms with Crippen LogP contribution in [0.4, 0.5) is 13.9 Å². The average Bonchev–Trinajstić information content (AvgIpc) is 3.09. The number of aromatic nitrogens is 1. The molecule has 134 valence electrons. The van der Waals surface area contributed by atoms with Crippen LogP contribution in [0.5, 0.6) is 0 Å². The summed E-state index contributed by atoms with van der Waals surface area (Å²) >= 11 is 1.28. The van der Waals surface area contributed by atoms with E-state index >= 15 is 0 Å². The number of rotatable bonds is 5. The molecule has 0 radical (unpaired) electrons. The molecule has 0 N–H and O–H groups in total. The highest BCUT2D eigenvalue weighted by Gasteiger charge is 2.25. The van der Waals surface area contributed by atoms with Crippen molar-refractivity contribution in [1.82, 2.24) is 4.98 Å². The van der Waals surface area contributed by atoms with Crippen LogP contribution in [-0.2, 0) is 0 Å². The van der Waals surface area contributed by atoms with Gasteiger partial charge in [-0.25, -0.2) is 13.8 Å². The quantitative estimate of drug-likeness (QED) is 0.596. The number of amides is 1. The van der Waals surface area contributed by atoms with E-state index in [4.69, 9.17) is 0 Å². The van der Waals surface area contributed by atoms with Gasteiger partial charge in [-0.15, -0.1) is 11.3 Å². The number of thiazole rings is 1. The molecular formula is C20H18F2N2OS. The minimum absolute atomic E-state index is 0.327. The molecule has 0 spiro atoms. The fraction of sp³-hybridized carbons (Fsp3) is 0.200. The predicted molar refractivity (Wildman–Crippen MR) is 101 cm³/mol. The Hall–Kier alpha value is -2.60. The number of carbonyl (C=O) groups is 1. The topological polar surface area (TPSA) is 33.2 Å². The largest absolute Gasteiger partial charge is 0.284 e. The molecule has 1 heterocycles. The third kappa shape index (κ3) is 3.65. The molecule has 3 rings (SSSR count). The van der Waals surface area contributed by atoms with Crippen molar-refractivity contribution in [3.63, 3.8) is 0 Å². The summed E-state index contributed by atoms with van der Waals surface area (Å²) in [6, 6.07) is 11.3. The number of carbonyl (C=O) groups excluding carboxylic acids is 1. The lowest BCUT2D eigenvalue weighted by Gasteiger charge is -2.19. The van der Waals surface area contributed by atoms with E-state index in [9.17, 15) is 13.6 Å². The second-order valence-corrected chi connectivity index (χ2v) is 6.77. The standard InChI is InChI=1S/C20H18F2N2OS/c1-3-11-24(19(25)18-15(21)5-4-6-16(18)22)20-23-17(12-26-20)14-9-7-13(2)8-10-14/h4-10,12H,3,11H2,1-2H3. The lowest BCUT2D eigenvalue weighted by Crippen LogP contribution is -2.33. The van der Waals surface area contributed by atoms with Crippen LogP contribution in [-0.4, -0.2) is 17.4 Å². The lowest BCUT2D eigenvalue weighted by atomic mass is 10.1. The van der Waals surface area contributed by atoms with E-state index in [1.54, 1.807) is 0 Å². The monoisotopic (exact) mass is 372 g/mol. The fourth-order valence-electron chi connectivity index (χ4n) is 2.59. The van der Waals surface area contributed by atoms with E-state index in [-0.39, 0.29) is 0 Å². The van der Waals surface area contributed by atoms with Gasteiger partial charge in [-0.3, -0.25) is 9.69 Å². The zero-order valence-electron chi connectivity index (χ0n) is 14.5. The van der Waals surface area contributed by atoms with Crippen LogP contribution in [0.3, 0.4) is 0 Å². The summed E-state index contributed by atoms with van der Waals surface area (Å²) < 4.78 is 28.0. The number of nitrogens with zero attached hydrogens (tertiary/aromatic N) is 2. The van der Waals surface area contributed by atoms with Crippen LogP contribution in [0.25, 0.3) is 11.3 Å². The normalized spacial score (nSPS) is 10.8. The maximum Gasteiger partial charge on any atom is 0.266 e. The minimum Gasteiger partial charge on any atom is -0.284 e. The maximum atomic E-state index is 14.0. The molecule has 0 aliphatic rings. The third-order valence-corrected chi connectivity index (χ3v) is 4.80.